The molecule has 0 saturated heterocycles. The van der Waals surface area contributed by atoms with Crippen LogP contribution in [-0.2, 0) is 13.0 Å². The zero-order chi connectivity index (χ0) is 20.1. The normalized spacial score (nSPS) is 10.8. The molecule has 0 aliphatic heterocycles. The van der Waals surface area contributed by atoms with Gasteiger partial charge < -0.3 is 5.32 Å². The number of carbonyl (C=O) groups is 1. The first-order chi connectivity index (χ1) is 14.2. The number of nitrogens with zero attached hydrogens (tertiary/aromatic N) is 3. The minimum Gasteiger partial charge on any atom is -0.352 e. The summed E-state index contributed by atoms with van der Waals surface area (Å²) in [7, 11) is 0. The van der Waals surface area contributed by atoms with E-state index in [1.807, 2.05) is 37.3 Å². The number of nitrogens with one attached hydrogen (secondary N) is 1. The van der Waals surface area contributed by atoms with Crippen LogP contribution in [-0.4, -0.2) is 27.2 Å². The highest BCUT2D eigenvalue weighted by molar-refractivity contribution is 7.09. The summed E-state index contributed by atoms with van der Waals surface area (Å²) in [4.78, 5) is 16.9. The number of rotatable bonds is 7. The fourth-order valence-corrected chi connectivity index (χ4v) is 3.72. The van der Waals surface area contributed by atoms with E-state index in [0.29, 0.717) is 18.7 Å². The van der Waals surface area contributed by atoms with Gasteiger partial charge in [0.2, 0.25) is 0 Å². The molecule has 146 valence electrons. The average molecular weight is 403 g/mol. The Labute approximate surface area is 174 Å². The van der Waals surface area contributed by atoms with Crippen LogP contribution in [0.25, 0.3) is 11.3 Å². The van der Waals surface area contributed by atoms with Gasteiger partial charge in [-0.05, 0) is 24.5 Å². The maximum Gasteiger partial charge on any atom is 0.254 e. The number of hydrogen-bond acceptors (Lipinski definition) is 4. The largest absolute Gasteiger partial charge is 0.352 e. The summed E-state index contributed by atoms with van der Waals surface area (Å²) in [6, 6.07) is 18.4. The Kier molecular flexibility index (Phi) is 5.81. The topological polar surface area (TPSA) is 59.8 Å². The molecule has 0 aliphatic carbocycles. The minimum absolute atomic E-state index is 0.0983. The lowest BCUT2D eigenvalue weighted by Gasteiger charge is -2.05. The zero-order valence-corrected chi connectivity index (χ0v) is 17.0. The number of thiazole rings is 1. The van der Waals surface area contributed by atoms with Gasteiger partial charge in [-0.15, -0.1) is 11.3 Å². The highest BCUT2D eigenvalue weighted by Crippen LogP contribution is 2.21. The molecule has 2 heterocycles. The Morgan fingerprint density at radius 3 is 2.59 bits per heavy atom. The predicted molar refractivity (Wildman–Crippen MR) is 116 cm³/mol. The fourth-order valence-electron chi connectivity index (χ4n) is 3.10. The lowest BCUT2D eigenvalue weighted by molar-refractivity contribution is 0.0954. The van der Waals surface area contributed by atoms with Gasteiger partial charge >= 0.3 is 0 Å². The van der Waals surface area contributed by atoms with Crippen LogP contribution in [0.1, 0.15) is 26.5 Å². The Hall–Kier alpha value is -3.25. The van der Waals surface area contributed by atoms with Crippen molar-refractivity contribution in [1.29, 1.82) is 0 Å². The van der Waals surface area contributed by atoms with Gasteiger partial charge in [0.05, 0.1) is 29.0 Å². The van der Waals surface area contributed by atoms with E-state index in [4.69, 9.17) is 0 Å². The van der Waals surface area contributed by atoms with E-state index in [9.17, 15) is 4.79 Å². The van der Waals surface area contributed by atoms with Crippen molar-refractivity contribution < 1.29 is 4.79 Å². The highest BCUT2D eigenvalue weighted by Gasteiger charge is 2.09. The fraction of sp³-hybridized carbons (Fsp3) is 0.174. The molecule has 0 atom stereocenters. The highest BCUT2D eigenvalue weighted by atomic mass is 32.1. The van der Waals surface area contributed by atoms with Crippen LogP contribution in [0.4, 0.5) is 0 Å². The first-order valence-electron chi connectivity index (χ1n) is 9.53. The summed E-state index contributed by atoms with van der Waals surface area (Å²) >= 11 is 1.65. The molecule has 0 radical (unpaired) electrons. The van der Waals surface area contributed by atoms with Crippen LogP contribution in [0.2, 0.25) is 0 Å². The van der Waals surface area contributed by atoms with Crippen molar-refractivity contribution in [3.05, 3.63) is 94.1 Å². The number of amides is 1. The zero-order valence-electron chi connectivity index (χ0n) is 16.2. The minimum atomic E-state index is -0.0983. The quantitative estimate of drug-likeness (QED) is 0.500. The van der Waals surface area contributed by atoms with Gasteiger partial charge in [0.15, 0.2) is 0 Å². The van der Waals surface area contributed by atoms with Gasteiger partial charge in [-0.2, -0.15) is 5.10 Å². The summed E-state index contributed by atoms with van der Waals surface area (Å²) in [5.74, 6) is -0.0983. The molecule has 6 heteroatoms. The molecule has 1 amide bonds. The van der Waals surface area contributed by atoms with Gasteiger partial charge in [0.1, 0.15) is 0 Å². The molecular formula is C23H22N4OS. The molecule has 4 rings (SSSR count). The first-order valence-corrected chi connectivity index (χ1v) is 10.4. The summed E-state index contributed by atoms with van der Waals surface area (Å²) in [6.45, 7) is 3.24. The number of aromatic nitrogens is 3. The molecule has 1 N–H and O–H groups in total. The number of hydrogen-bond donors (Lipinski definition) is 1. The second-order valence-electron chi connectivity index (χ2n) is 6.87. The molecule has 2 aromatic carbocycles. The van der Waals surface area contributed by atoms with Crippen molar-refractivity contribution in [2.45, 2.75) is 19.9 Å². The van der Waals surface area contributed by atoms with Crippen LogP contribution in [0.15, 0.2) is 72.4 Å². The van der Waals surface area contributed by atoms with Crippen molar-refractivity contribution >= 4 is 17.2 Å². The third-order valence-electron chi connectivity index (χ3n) is 4.65. The van der Waals surface area contributed by atoms with Gasteiger partial charge in [0, 0.05) is 23.7 Å². The third kappa shape index (κ3) is 4.97. The van der Waals surface area contributed by atoms with E-state index in [0.717, 1.165) is 28.2 Å². The second-order valence-corrected chi connectivity index (χ2v) is 7.93. The van der Waals surface area contributed by atoms with Crippen molar-refractivity contribution in [2.24, 2.45) is 0 Å². The lowest BCUT2D eigenvalue weighted by atomic mass is 10.1. The first kappa shape index (κ1) is 19.1. The van der Waals surface area contributed by atoms with Crippen molar-refractivity contribution in [1.82, 2.24) is 20.1 Å². The van der Waals surface area contributed by atoms with Gasteiger partial charge in [0.25, 0.3) is 5.91 Å². The average Bonchev–Trinajstić information content (AvgIpc) is 3.38. The smallest absolute Gasteiger partial charge is 0.254 e. The molecule has 4 aromatic rings. The van der Waals surface area contributed by atoms with Crippen LogP contribution in [0.5, 0.6) is 0 Å². The van der Waals surface area contributed by atoms with E-state index in [1.54, 1.807) is 28.4 Å². The molecule has 0 spiro atoms. The van der Waals surface area contributed by atoms with Crippen molar-refractivity contribution in [2.75, 3.05) is 6.54 Å². The molecule has 0 unspecified atom stereocenters. The Morgan fingerprint density at radius 2 is 1.86 bits per heavy atom. The SMILES string of the molecule is Cc1nc(-c2ccc(CCNC(=O)c3cnn(Cc4ccccc4)c3)cc2)cs1. The van der Waals surface area contributed by atoms with Crippen molar-refractivity contribution in [3.63, 3.8) is 0 Å². The van der Waals surface area contributed by atoms with E-state index in [2.05, 4.69) is 45.0 Å². The monoisotopic (exact) mass is 402 g/mol. The molecular weight excluding hydrogens is 380 g/mol. The standard InChI is InChI=1S/C23H22N4OS/c1-17-26-22(16-29-17)20-9-7-18(8-10-20)11-12-24-23(28)21-13-25-27(15-21)14-19-5-3-2-4-6-19/h2-10,13,15-16H,11-12,14H2,1H3,(H,24,28). The Morgan fingerprint density at radius 1 is 1.07 bits per heavy atom. The number of aryl methyl sites for hydroxylation is 1. The molecule has 29 heavy (non-hydrogen) atoms. The van der Waals surface area contributed by atoms with Gasteiger partial charge in [-0.1, -0.05) is 54.6 Å². The van der Waals surface area contributed by atoms with Crippen LogP contribution in [0.3, 0.4) is 0 Å². The van der Waals surface area contributed by atoms with Crippen LogP contribution in [0, 0.1) is 6.92 Å². The van der Waals surface area contributed by atoms with E-state index in [1.165, 1.54) is 5.56 Å². The predicted octanol–water partition coefficient (Wildman–Crippen LogP) is 4.34. The van der Waals surface area contributed by atoms with E-state index < -0.39 is 0 Å². The van der Waals surface area contributed by atoms with Crippen LogP contribution >= 0.6 is 11.3 Å². The summed E-state index contributed by atoms with van der Waals surface area (Å²) in [6.07, 6.45) is 4.18. The second kappa shape index (κ2) is 8.84. The number of carbonyl (C=O) groups excluding carboxylic acids is 1. The van der Waals surface area contributed by atoms with Gasteiger partial charge in [-0.3, -0.25) is 9.48 Å². The third-order valence-corrected chi connectivity index (χ3v) is 5.42. The summed E-state index contributed by atoms with van der Waals surface area (Å²) in [5.41, 5.74) is 5.04. The maximum absolute atomic E-state index is 12.4. The summed E-state index contributed by atoms with van der Waals surface area (Å²) in [5, 5.41) is 10.4. The molecule has 2 aromatic heterocycles. The molecule has 0 bridgehead atoms. The Bertz CT molecular complexity index is 1080. The number of benzene rings is 2. The molecule has 5 nitrogen and oxygen atoms in total. The maximum atomic E-state index is 12.4. The van der Waals surface area contributed by atoms with Crippen LogP contribution < -0.4 is 5.32 Å². The van der Waals surface area contributed by atoms with E-state index >= 15 is 0 Å². The molecule has 0 aliphatic rings. The van der Waals surface area contributed by atoms with Crippen molar-refractivity contribution in [3.8, 4) is 11.3 Å². The molecule has 0 saturated carbocycles. The van der Waals surface area contributed by atoms with E-state index in [-0.39, 0.29) is 5.91 Å². The lowest BCUT2D eigenvalue weighted by Crippen LogP contribution is -2.25. The summed E-state index contributed by atoms with van der Waals surface area (Å²) < 4.78 is 1.78. The Balaban J connectivity index is 1.28. The van der Waals surface area contributed by atoms with Gasteiger partial charge in [-0.25, -0.2) is 4.98 Å². The molecule has 0 fully saturated rings.